The third-order valence-corrected chi connectivity index (χ3v) is 6.21. The molecule has 7 heteroatoms. The number of likely N-dealkylation sites (tertiary alicyclic amines) is 1. The summed E-state index contributed by atoms with van der Waals surface area (Å²) in [6, 6.07) is 6.34. The van der Waals surface area contributed by atoms with Gasteiger partial charge in [-0.15, -0.1) is 0 Å². The second-order valence-corrected chi connectivity index (χ2v) is 8.85. The molecular formula is C18H27FN2O3S. The minimum Gasteiger partial charge on any atom is -0.355 e. The third-order valence-electron chi connectivity index (χ3n) is 4.64. The summed E-state index contributed by atoms with van der Waals surface area (Å²) in [5.74, 6) is -1.46. The molecule has 1 fully saturated rings. The lowest BCUT2D eigenvalue weighted by atomic mass is 10.0. The highest BCUT2D eigenvalue weighted by atomic mass is 32.2. The van der Waals surface area contributed by atoms with Crippen LogP contribution in [0, 0.1) is 5.82 Å². The van der Waals surface area contributed by atoms with Gasteiger partial charge in [-0.05, 0) is 32.4 Å². The number of carbonyl (C=O) groups is 1. The highest BCUT2D eigenvalue weighted by Gasteiger charge is 2.19. The number of nitrogens with zero attached hydrogens (tertiary/aromatic N) is 1. The molecule has 1 aliphatic rings. The Kier molecular flexibility index (Phi) is 7.38. The first-order valence-corrected chi connectivity index (χ1v) is 10.6. The average Bonchev–Trinajstić information content (AvgIpc) is 2.57. The Morgan fingerprint density at radius 1 is 1.32 bits per heavy atom. The van der Waals surface area contributed by atoms with Gasteiger partial charge in [0.25, 0.3) is 0 Å². The van der Waals surface area contributed by atoms with Gasteiger partial charge in [-0.25, -0.2) is 12.8 Å². The molecular weight excluding hydrogens is 343 g/mol. The molecule has 1 amide bonds. The van der Waals surface area contributed by atoms with E-state index in [0.29, 0.717) is 12.6 Å². The van der Waals surface area contributed by atoms with E-state index in [9.17, 15) is 17.6 Å². The molecule has 0 radical (unpaired) electrons. The van der Waals surface area contributed by atoms with E-state index in [1.165, 1.54) is 37.5 Å². The first-order chi connectivity index (χ1) is 11.9. The summed E-state index contributed by atoms with van der Waals surface area (Å²) in [6.45, 7) is 4.55. The molecule has 1 heterocycles. The number of piperidine rings is 1. The molecule has 0 aromatic heterocycles. The van der Waals surface area contributed by atoms with Crippen molar-refractivity contribution in [3.05, 3.63) is 35.6 Å². The van der Waals surface area contributed by atoms with Crippen molar-refractivity contribution in [2.45, 2.75) is 44.4 Å². The maximum atomic E-state index is 13.5. The molecule has 1 N–H and O–H groups in total. The summed E-state index contributed by atoms with van der Waals surface area (Å²) in [6.07, 6.45) is 3.53. The molecule has 140 valence electrons. The lowest BCUT2D eigenvalue weighted by Gasteiger charge is -2.33. The normalized spacial score (nSPS) is 18.9. The number of carbonyl (C=O) groups excluding carboxylic acids is 1. The van der Waals surface area contributed by atoms with E-state index in [-0.39, 0.29) is 29.4 Å². The molecule has 1 aliphatic heterocycles. The topological polar surface area (TPSA) is 66.5 Å². The minimum absolute atomic E-state index is 0.0909. The van der Waals surface area contributed by atoms with Crippen LogP contribution in [0.2, 0.25) is 0 Å². The minimum atomic E-state index is -3.52. The van der Waals surface area contributed by atoms with Crippen molar-refractivity contribution >= 4 is 15.7 Å². The number of hydrogen-bond donors (Lipinski definition) is 1. The summed E-state index contributed by atoms with van der Waals surface area (Å²) < 4.78 is 37.7. The van der Waals surface area contributed by atoms with Gasteiger partial charge in [0, 0.05) is 31.1 Å². The zero-order chi connectivity index (χ0) is 18.3. The largest absolute Gasteiger partial charge is 0.355 e. The fourth-order valence-corrected chi connectivity index (χ4v) is 4.44. The van der Waals surface area contributed by atoms with Gasteiger partial charge in [-0.1, -0.05) is 24.6 Å². The second kappa shape index (κ2) is 9.29. The van der Waals surface area contributed by atoms with Crippen molar-refractivity contribution in [3.63, 3.8) is 0 Å². The van der Waals surface area contributed by atoms with Crippen molar-refractivity contribution in [2.24, 2.45) is 0 Å². The van der Waals surface area contributed by atoms with Gasteiger partial charge in [0.05, 0.1) is 11.5 Å². The molecule has 0 aliphatic carbocycles. The average molecular weight is 370 g/mol. The third kappa shape index (κ3) is 6.74. The van der Waals surface area contributed by atoms with E-state index in [1.54, 1.807) is 6.07 Å². The predicted octanol–water partition coefficient (Wildman–Crippen LogP) is 2.12. The zero-order valence-corrected chi connectivity index (χ0v) is 15.5. The van der Waals surface area contributed by atoms with Crippen LogP contribution in [-0.2, 0) is 20.4 Å². The van der Waals surface area contributed by atoms with Crippen LogP contribution in [0.3, 0.4) is 0 Å². The molecule has 1 aromatic carbocycles. The van der Waals surface area contributed by atoms with Crippen molar-refractivity contribution in [2.75, 3.05) is 25.4 Å². The fraction of sp³-hybridized carbons (Fsp3) is 0.611. The van der Waals surface area contributed by atoms with Crippen molar-refractivity contribution in [1.82, 2.24) is 10.2 Å². The Hall–Kier alpha value is -1.47. The Morgan fingerprint density at radius 3 is 2.80 bits per heavy atom. The SMILES string of the molecule is CC1CCCCN1CCNC(=O)CCS(=O)(=O)Cc1ccccc1F. The molecule has 5 nitrogen and oxygen atoms in total. The van der Waals surface area contributed by atoms with Crippen LogP contribution in [0.5, 0.6) is 0 Å². The van der Waals surface area contributed by atoms with Gasteiger partial charge in [-0.3, -0.25) is 9.69 Å². The van der Waals surface area contributed by atoms with E-state index in [0.717, 1.165) is 13.1 Å². The summed E-state index contributed by atoms with van der Waals surface area (Å²) in [5, 5.41) is 2.78. The molecule has 1 atom stereocenters. The number of nitrogens with one attached hydrogen (secondary N) is 1. The van der Waals surface area contributed by atoms with Crippen molar-refractivity contribution in [1.29, 1.82) is 0 Å². The van der Waals surface area contributed by atoms with Crippen LogP contribution < -0.4 is 5.32 Å². The molecule has 1 saturated heterocycles. The lowest BCUT2D eigenvalue weighted by molar-refractivity contribution is -0.120. The first kappa shape index (κ1) is 19.8. The summed E-state index contributed by atoms with van der Waals surface area (Å²) >= 11 is 0. The molecule has 1 unspecified atom stereocenters. The number of halogens is 1. The van der Waals surface area contributed by atoms with E-state index in [1.807, 2.05) is 0 Å². The standard InChI is InChI=1S/C18H27FN2O3S/c1-15-6-4-5-11-21(15)12-10-20-18(22)9-13-25(23,24)14-16-7-2-3-8-17(16)19/h2-3,7-8,15H,4-6,9-14H2,1H3,(H,20,22). The quantitative estimate of drug-likeness (QED) is 0.761. The molecule has 1 aromatic rings. The number of benzene rings is 1. The smallest absolute Gasteiger partial charge is 0.221 e. The maximum absolute atomic E-state index is 13.5. The van der Waals surface area contributed by atoms with Crippen molar-refractivity contribution in [3.8, 4) is 0 Å². The van der Waals surface area contributed by atoms with Crippen molar-refractivity contribution < 1.29 is 17.6 Å². The molecule has 0 spiro atoms. The summed E-state index contributed by atoms with van der Waals surface area (Å²) in [4.78, 5) is 14.2. The van der Waals surface area contributed by atoms with Crippen LogP contribution in [0.25, 0.3) is 0 Å². The summed E-state index contributed by atoms with van der Waals surface area (Å²) in [5.41, 5.74) is 0.141. The van der Waals surface area contributed by atoms with E-state index < -0.39 is 15.7 Å². The Bertz CT molecular complexity index is 679. The van der Waals surface area contributed by atoms with E-state index in [2.05, 4.69) is 17.1 Å². The molecule has 0 saturated carbocycles. The zero-order valence-electron chi connectivity index (χ0n) is 14.7. The van der Waals surface area contributed by atoms with Gasteiger partial charge in [-0.2, -0.15) is 0 Å². The lowest BCUT2D eigenvalue weighted by Crippen LogP contribution is -2.42. The highest BCUT2D eigenvalue weighted by molar-refractivity contribution is 7.90. The summed E-state index contributed by atoms with van der Waals surface area (Å²) in [7, 11) is -3.52. The van der Waals surface area contributed by atoms with E-state index >= 15 is 0 Å². The molecule has 2 rings (SSSR count). The van der Waals surface area contributed by atoms with E-state index in [4.69, 9.17) is 0 Å². The van der Waals surface area contributed by atoms with Gasteiger partial charge in [0.1, 0.15) is 5.82 Å². The Balaban J connectivity index is 1.71. The Labute approximate surface area is 149 Å². The van der Waals surface area contributed by atoms with Gasteiger partial charge in [0.2, 0.25) is 5.91 Å². The van der Waals surface area contributed by atoms with Crippen LogP contribution >= 0.6 is 0 Å². The van der Waals surface area contributed by atoms with Gasteiger partial charge in [0.15, 0.2) is 9.84 Å². The maximum Gasteiger partial charge on any atom is 0.221 e. The molecule has 25 heavy (non-hydrogen) atoms. The second-order valence-electron chi connectivity index (χ2n) is 6.66. The number of hydrogen-bond acceptors (Lipinski definition) is 4. The van der Waals surface area contributed by atoms with Gasteiger partial charge < -0.3 is 5.32 Å². The highest BCUT2D eigenvalue weighted by Crippen LogP contribution is 2.15. The molecule has 0 bridgehead atoms. The fourth-order valence-electron chi connectivity index (χ4n) is 3.09. The Morgan fingerprint density at radius 2 is 2.08 bits per heavy atom. The van der Waals surface area contributed by atoms with Crippen LogP contribution in [0.4, 0.5) is 4.39 Å². The van der Waals surface area contributed by atoms with Gasteiger partial charge >= 0.3 is 0 Å². The first-order valence-electron chi connectivity index (χ1n) is 8.82. The monoisotopic (exact) mass is 370 g/mol. The van der Waals surface area contributed by atoms with Crippen LogP contribution in [0.1, 0.15) is 38.2 Å². The van der Waals surface area contributed by atoms with Crippen LogP contribution in [-0.4, -0.2) is 50.7 Å². The number of amides is 1. The number of rotatable bonds is 8. The number of sulfone groups is 1. The van der Waals surface area contributed by atoms with Crippen LogP contribution in [0.15, 0.2) is 24.3 Å². The predicted molar refractivity (Wildman–Crippen MR) is 96.4 cm³/mol.